The molecule has 4 rings (SSSR count). The number of rotatable bonds is 3. The number of hydrogen-bond acceptors (Lipinski definition) is 6. The molecular formula is C15H16N6OS. The molecule has 3 aromatic rings. The Labute approximate surface area is 137 Å². The first-order chi connectivity index (χ1) is 11.2. The number of carbonyl (C=O) groups is 1. The van der Waals surface area contributed by atoms with Crippen LogP contribution in [0.15, 0.2) is 24.1 Å². The summed E-state index contributed by atoms with van der Waals surface area (Å²) in [5.74, 6) is 0.796. The zero-order chi connectivity index (χ0) is 15.8. The fourth-order valence-corrected chi connectivity index (χ4v) is 3.77. The van der Waals surface area contributed by atoms with Gasteiger partial charge in [-0.2, -0.15) is 0 Å². The molecule has 23 heavy (non-hydrogen) atoms. The smallest absolute Gasteiger partial charge is 0.242 e. The maximum atomic E-state index is 12.6. The van der Waals surface area contributed by atoms with Gasteiger partial charge in [-0.15, -0.1) is 11.3 Å². The number of likely N-dealkylation sites (N-methyl/N-ethyl adjacent to an activating group) is 1. The van der Waals surface area contributed by atoms with Crippen LogP contribution >= 0.6 is 11.3 Å². The molecule has 3 aromatic heterocycles. The minimum atomic E-state index is 0.107. The van der Waals surface area contributed by atoms with Crippen LogP contribution in [-0.2, 0) is 17.8 Å². The van der Waals surface area contributed by atoms with Gasteiger partial charge < -0.3 is 14.8 Å². The van der Waals surface area contributed by atoms with Crippen molar-refractivity contribution in [3.05, 3.63) is 34.5 Å². The van der Waals surface area contributed by atoms with Gasteiger partial charge in [0.2, 0.25) is 5.91 Å². The first-order valence-corrected chi connectivity index (χ1v) is 8.28. The molecule has 7 nitrogen and oxygen atoms in total. The van der Waals surface area contributed by atoms with Crippen molar-refractivity contribution in [2.75, 3.05) is 25.0 Å². The molecule has 0 saturated heterocycles. The molecule has 0 spiro atoms. The van der Waals surface area contributed by atoms with Gasteiger partial charge in [0, 0.05) is 25.0 Å². The molecule has 1 aliphatic rings. The molecule has 1 amide bonds. The third-order valence-corrected chi connectivity index (χ3v) is 5.12. The Morgan fingerprint density at radius 1 is 1.43 bits per heavy atom. The van der Waals surface area contributed by atoms with Crippen molar-refractivity contribution >= 4 is 34.2 Å². The molecule has 0 radical (unpaired) electrons. The number of hydrogen-bond donors (Lipinski definition) is 1. The molecule has 0 bridgehead atoms. The molecule has 8 heteroatoms. The lowest BCUT2D eigenvalue weighted by Gasteiger charge is -2.29. The molecule has 0 atom stereocenters. The van der Waals surface area contributed by atoms with Gasteiger partial charge in [0.05, 0.1) is 12.9 Å². The summed E-state index contributed by atoms with van der Waals surface area (Å²) in [6, 6.07) is 2.11. The molecule has 1 aliphatic heterocycles. The molecule has 0 aliphatic carbocycles. The summed E-state index contributed by atoms with van der Waals surface area (Å²) in [7, 11) is 1.86. The quantitative estimate of drug-likeness (QED) is 0.787. The van der Waals surface area contributed by atoms with Crippen LogP contribution in [0.1, 0.15) is 10.4 Å². The highest BCUT2D eigenvalue weighted by atomic mass is 32.1. The van der Waals surface area contributed by atoms with E-state index in [0.29, 0.717) is 18.0 Å². The summed E-state index contributed by atoms with van der Waals surface area (Å²) in [6.07, 6.45) is 4.00. The molecule has 1 N–H and O–H groups in total. The average Bonchev–Trinajstić information content (AvgIpc) is 3.22. The summed E-state index contributed by atoms with van der Waals surface area (Å²) in [4.78, 5) is 33.3. The van der Waals surface area contributed by atoms with Crippen molar-refractivity contribution in [1.82, 2.24) is 24.8 Å². The second-order valence-corrected chi connectivity index (χ2v) is 6.59. The molecule has 0 saturated carbocycles. The van der Waals surface area contributed by atoms with E-state index >= 15 is 0 Å². The number of aromatic amines is 1. The third-order valence-electron chi connectivity index (χ3n) is 4.10. The molecule has 4 heterocycles. The van der Waals surface area contributed by atoms with Gasteiger partial charge in [-0.05, 0) is 23.4 Å². The van der Waals surface area contributed by atoms with Gasteiger partial charge in [-0.1, -0.05) is 0 Å². The van der Waals surface area contributed by atoms with E-state index in [9.17, 15) is 4.79 Å². The predicted molar refractivity (Wildman–Crippen MR) is 88.4 cm³/mol. The molecule has 0 unspecified atom stereocenters. The fourth-order valence-electron chi connectivity index (χ4n) is 2.88. The number of thiophene rings is 1. The number of fused-ring (bicyclic) bond motifs is 2. The second-order valence-electron chi connectivity index (χ2n) is 5.59. The zero-order valence-corrected chi connectivity index (χ0v) is 13.5. The van der Waals surface area contributed by atoms with E-state index in [1.165, 1.54) is 16.8 Å². The Morgan fingerprint density at radius 2 is 2.35 bits per heavy atom. The van der Waals surface area contributed by atoms with Crippen LogP contribution in [0.4, 0.5) is 5.82 Å². The van der Waals surface area contributed by atoms with Gasteiger partial charge in [-0.25, -0.2) is 15.0 Å². The van der Waals surface area contributed by atoms with Crippen molar-refractivity contribution in [2.24, 2.45) is 0 Å². The van der Waals surface area contributed by atoms with Gasteiger partial charge in [0.1, 0.15) is 11.8 Å². The maximum Gasteiger partial charge on any atom is 0.242 e. The van der Waals surface area contributed by atoms with Crippen LogP contribution in [0.2, 0.25) is 0 Å². The van der Waals surface area contributed by atoms with E-state index in [-0.39, 0.29) is 12.5 Å². The lowest BCUT2D eigenvalue weighted by molar-refractivity contribution is -0.130. The Kier molecular flexibility index (Phi) is 3.45. The van der Waals surface area contributed by atoms with Crippen molar-refractivity contribution in [1.29, 1.82) is 0 Å². The van der Waals surface area contributed by atoms with E-state index in [0.717, 1.165) is 18.5 Å². The van der Waals surface area contributed by atoms with Crippen molar-refractivity contribution in [3.63, 3.8) is 0 Å². The maximum absolute atomic E-state index is 12.6. The Bertz CT molecular complexity index is 856. The number of aromatic nitrogens is 4. The molecule has 0 fully saturated rings. The van der Waals surface area contributed by atoms with Gasteiger partial charge >= 0.3 is 0 Å². The SMILES string of the molecule is CN(CC(=O)N1CCc2sccc2C1)c1ncnc2nc[nH]c12. The number of nitrogens with zero attached hydrogens (tertiary/aromatic N) is 5. The van der Waals surface area contributed by atoms with Gasteiger partial charge in [-0.3, -0.25) is 4.79 Å². The number of imidazole rings is 1. The van der Waals surface area contributed by atoms with Crippen LogP contribution in [0, 0.1) is 0 Å². The number of anilines is 1. The lowest BCUT2D eigenvalue weighted by atomic mass is 10.1. The summed E-state index contributed by atoms with van der Waals surface area (Å²) in [6.45, 7) is 1.77. The van der Waals surface area contributed by atoms with Crippen molar-refractivity contribution in [3.8, 4) is 0 Å². The monoisotopic (exact) mass is 328 g/mol. The van der Waals surface area contributed by atoms with Crippen molar-refractivity contribution in [2.45, 2.75) is 13.0 Å². The van der Waals surface area contributed by atoms with Crippen LogP contribution in [0.25, 0.3) is 11.2 Å². The van der Waals surface area contributed by atoms with Gasteiger partial charge in [0.25, 0.3) is 0 Å². The van der Waals surface area contributed by atoms with E-state index < -0.39 is 0 Å². The van der Waals surface area contributed by atoms with Crippen LogP contribution in [0.3, 0.4) is 0 Å². The number of H-pyrrole nitrogens is 1. The standard InChI is InChI=1S/C15H16N6OS/c1-20(15-13-14(17-8-16-13)18-9-19-15)7-12(22)21-4-2-11-10(6-21)3-5-23-11/h3,5,8-9H,2,4,6-7H2,1H3,(H,16,17,18,19). The Hall–Kier alpha value is -2.48. The lowest BCUT2D eigenvalue weighted by Crippen LogP contribution is -2.41. The highest BCUT2D eigenvalue weighted by Crippen LogP contribution is 2.24. The summed E-state index contributed by atoms with van der Waals surface area (Å²) in [5, 5.41) is 2.10. The highest BCUT2D eigenvalue weighted by Gasteiger charge is 2.23. The number of amides is 1. The van der Waals surface area contributed by atoms with Crippen LogP contribution in [-0.4, -0.2) is 50.9 Å². The van der Waals surface area contributed by atoms with E-state index in [2.05, 4.69) is 31.4 Å². The fraction of sp³-hybridized carbons (Fsp3) is 0.333. The molecular weight excluding hydrogens is 312 g/mol. The summed E-state index contributed by atoms with van der Waals surface area (Å²) < 4.78 is 0. The number of nitrogens with one attached hydrogen (secondary N) is 1. The first kappa shape index (κ1) is 14.1. The Balaban J connectivity index is 1.49. The van der Waals surface area contributed by atoms with E-state index in [1.54, 1.807) is 17.7 Å². The molecule has 118 valence electrons. The highest BCUT2D eigenvalue weighted by molar-refractivity contribution is 7.10. The Morgan fingerprint density at radius 3 is 3.26 bits per heavy atom. The zero-order valence-electron chi connectivity index (χ0n) is 12.7. The topological polar surface area (TPSA) is 78.0 Å². The summed E-state index contributed by atoms with van der Waals surface area (Å²) >= 11 is 1.78. The van der Waals surface area contributed by atoms with E-state index in [1.807, 2.05) is 16.8 Å². The average molecular weight is 328 g/mol. The largest absolute Gasteiger partial charge is 0.348 e. The van der Waals surface area contributed by atoms with Gasteiger partial charge in [0.15, 0.2) is 11.5 Å². The van der Waals surface area contributed by atoms with Crippen LogP contribution in [0.5, 0.6) is 0 Å². The first-order valence-electron chi connectivity index (χ1n) is 7.40. The summed E-state index contributed by atoms with van der Waals surface area (Å²) in [5.41, 5.74) is 2.63. The number of carbonyl (C=O) groups excluding carboxylic acids is 1. The normalized spacial score (nSPS) is 14.0. The minimum absolute atomic E-state index is 0.107. The van der Waals surface area contributed by atoms with Crippen LogP contribution < -0.4 is 4.90 Å². The molecule has 0 aromatic carbocycles. The third kappa shape index (κ3) is 2.55. The van der Waals surface area contributed by atoms with Crippen molar-refractivity contribution < 1.29 is 4.79 Å². The second kappa shape index (κ2) is 5.62. The minimum Gasteiger partial charge on any atom is -0.348 e. The predicted octanol–water partition coefficient (Wildman–Crippen LogP) is 1.44. The van der Waals surface area contributed by atoms with E-state index in [4.69, 9.17) is 0 Å².